The second-order valence-corrected chi connectivity index (χ2v) is 4.18. The lowest BCUT2D eigenvalue weighted by molar-refractivity contribution is 0.479. The highest BCUT2D eigenvalue weighted by Crippen LogP contribution is 2.31. The molecule has 2 aromatic rings. The van der Waals surface area contributed by atoms with Gasteiger partial charge in [-0.05, 0) is 30.2 Å². The zero-order valence-electron chi connectivity index (χ0n) is 9.61. The van der Waals surface area contributed by atoms with Gasteiger partial charge in [-0.25, -0.2) is 0 Å². The van der Waals surface area contributed by atoms with Crippen molar-refractivity contribution in [3.8, 4) is 11.5 Å². The predicted octanol–water partition coefficient (Wildman–Crippen LogP) is 4.28. The Morgan fingerprint density at radius 2 is 1.88 bits per heavy atom. The Morgan fingerprint density at radius 3 is 2.65 bits per heavy atom. The highest BCUT2D eigenvalue weighted by molar-refractivity contribution is 6.30. The maximum absolute atomic E-state index is 5.92. The Balaban J connectivity index is 2.34. The minimum Gasteiger partial charge on any atom is -0.455 e. The number of halogens is 1. The van der Waals surface area contributed by atoms with Gasteiger partial charge in [-0.3, -0.25) is 0 Å². The lowest BCUT2D eigenvalue weighted by Gasteiger charge is -2.11. The van der Waals surface area contributed by atoms with Gasteiger partial charge in [-0.15, -0.1) is 0 Å². The summed E-state index contributed by atoms with van der Waals surface area (Å²) >= 11 is 5.92. The monoisotopic (exact) mass is 247 g/mol. The fraction of sp³-hybridized carbons (Fsp3) is 0.143. The first-order valence-corrected chi connectivity index (χ1v) is 5.89. The van der Waals surface area contributed by atoms with Gasteiger partial charge in [0.05, 0.1) is 5.69 Å². The zero-order valence-corrected chi connectivity index (χ0v) is 10.4. The first kappa shape index (κ1) is 11.8. The van der Waals surface area contributed by atoms with Crippen LogP contribution in [-0.4, -0.2) is 0 Å². The minimum atomic E-state index is 0.584. The number of para-hydroxylation sites is 1. The van der Waals surface area contributed by atoms with E-state index in [1.807, 2.05) is 24.3 Å². The number of anilines is 1. The highest BCUT2D eigenvalue weighted by atomic mass is 35.5. The van der Waals surface area contributed by atoms with Crippen LogP contribution >= 0.6 is 11.6 Å². The summed E-state index contributed by atoms with van der Waals surface area (Å²) in [6, 6.07) is 13.1. The van der Waals surface area contributed by atoms with Crippen LogP contribution in [-0.2, 0) is 6.42 Å². The molecular formula is C14H14ClNO. The largest absolute Gasteiger partial charge is 0.455 e. The molecule has 0 fully saturated rings. The average Bonchev–Trinajstić information content (AvgIpc) is 2.34. The summed E-state index contributed by atoms with van der Waals surface area (Å²) < 4.78 is 5.80. The first-order valence-electron chi connectivity index (χ1n) is 5.51. The molecule has 2 N–H and O–H groups in total. The molecule has 0 radical (unpaired) electrons. The number of nitrogens with two attached hydrogens (primary N) is 1. The Morgan fingerprint density at radius 1 is 1.12 bits per heavy atom. The molecule has 0 saturated carbocycles. The van der Waals surface area contributed by atoms with Crippen molar-refractivity contribution in [2.45, 2.75) is 13.3 Å². The number of benzene rings is 2. The van der Waals surface area contributed by atoms with E-state index in [1.54, 1.807) is 18.2 Å². The number of aryl methyl sites for hydroxylation is 1. The molecule has 0 unspecified atom stereocenters. The van der Waals surface area contributed by atoms with Gasteiger partial charge in [0.15, 0.2) is 5.75 Å². The molecule has 2 rings (SSSR count). The normalized spacial score (nSPS) is 10.2. The van der Waals surface area contributed by atoms with Gasteiger partial charge in [0, 0.05) is 11.1 Å². The van der Waals surface area contributed by atoms with Gasteiger partial charge in [-0.1, -0.05) is 36.7 Å². The number of rotatable bonds is 3. The van der Waals surface area contributed by atoms with Crippen LogP contribution in [0.1, 0.15) is 12.5 Å². The second-order valence-electron chi connectivity index (χ2n) is 3.75. The van der Waals surface area contributed by atoms with Crippen molar-refractivity contribution in [1.82, 2.24) is 0 Å². The summed E-state index contributed by atoms with van der Waals surface area (Å²) in [5.74, 6) is 1.42. The predicted molar refractivity (Wildman–Crippen MR) is 71.8 cm³/mol. The molecule has 17 heavy (non-hydrogen) atoms. The van der Waals surface area contributed by atoms with E-state index < -0.39 is 0 Å². The molecule has 2 aromatic carbocycles. The molecule has 88 valence electrons. The summed E-state index contributed by atoms with van der Waals surface area (Å²) in [6.07, 6.45) is 0.913. The molecule has 0 aromatic heterocycles. The molecule has 0 atom stereocenters. The van der Waals surface area contributed by atoms with E-state index in [9.17, 15) is 0 Å². The topological polar surface area (TPSA) is 35.2 Å². The van der Waals surface area contributed by atoms with Gasteiger partial charge < -0.3 is 10.5 Å². The van der Waals surface area contributed by atoms with Crippen LogP contribution in [0.4, 0.5) is 5.69 Å². The van der Waals surface area contributed by atoms with Crippen molar-refractivity contribution in [1.29, 1.82) is 0 Å². The highest BCUT2D eigenvalue weighted by Gasteiger charge is 2.06. The van der Waals surface area contributed by atoms with Crippen LogP contribution in [0.3, 0.4) is 0 Å². The molecule has 0 aliphatic rings. The number of hydrogen-bond acceptors (Lipinski definition) is 2. The fourth-order valence-corrected chi connectivity index (χ4v) is 1.77. The van der Waals surface area contributed by atoms with Crippen molar-refractivity contribution in [2.24, 2.45) is 0 Å². The molecule has 0 amide bonds. The van der Waals surface area contributed by atoms with Crippen LogP contribution in [0, 0.1) is 0 Å². The number of ether oxygens (including phenoxy) is 1. The summed E-state index contributed by atoms with van der Waals surface area (Å²) in [7, 11) is 0. The third kappa shape index (κ3) is 2.71. The third-order valence-corrected chi connectivity index (χ3v) is 2.78. The lowest BCUT2D eigenvalue weighted by Crippen LogP contribution is -1.94. The molecule has 0 spiro atoms. The summed E-state index contributed by atoms with van der Waals surface area (Å²) in [5, 5.41) is 0.614. The van der Waals surface area contributed by atoms with Crippen molar-refractivity contribution in [3.63, 3.8) is 0 Å². The van der Waals surface area contributed by atoms with Crippen molar-refractivity contribution < 1.29 is 4.74 Å². The van der Waals surface area contributed by atoms with E-state index in [0.717, 1.165) is 17.7 Å². The van der Waals surface area contributed by atoms with Crippen molar-refractivity contribution in [2.75, 3.05) is 5.73 Å². The van der Waals surface area contributed by atoms with Crippen molar-refractivity contribution >= 4 is 17.3 Å². The summed E-state index contributed by atoms with van der Waals surface area (Å²) in [4.78, 5) is 0. The van der Waals surface area contributed by atoms with Gasteiger partial charge >= 0.3 is 0 Å². The number of nitrogen functional groups attached to an aromatic ring is 1. The summed E-state index contributed by atoms with van der Waals surface area (Å²) in [6.45, 7) is 2.09. The average molecular weight is 248 g/mol. The molecular weight excluding hydrogens is 234 g/mol. The Kier molecular flexibility index (Phi) is 3.55. The van der Waals surface area contributed by atoms with Gasteiger partial charge in [0.2, 0.25) is 0 Å². The molecule has 2 nitrogen and oxygen atoms in total. The lowest BCUT2D eigenvalue weighted by atomic mass is 10.1. The van der Waals surface area contributed by atoms with Gasteiger partial charge in [0.1, 0.15) is 5.75 Å². The van der Waals surface area contributed by atoms with Gasteiger partial charge in [-0.2, -0.15) is 0 Å². The van der Waals surface area contributed by atoms with E-state index in [1.165, 1.54) is 0 Å². The first-order chi connectivity index (χ1) is 8.20. The van der Waals surface area contributed by atoms with Crippen LogP contribution < -0.4 is 10.5 Å². The standard InChI is InChI=1S/C14H14ClNO/c1-2-10-5-3-4-6-13(10)17-14-9-11(15)7-8-12(14)16/h3-9H,2,16H2,1H3. The second kappa shape index (κ2) is 5.11. The number of hydrogen-bond donors (Lipinski definition) is 1. The van der Waals surface area contributed by atoms with Crippen LogP contribution in [0.2, 0.25) is 5.02 Å². The molecule has 0 heterocycles. The SMILES string of the molecule is CCc1ccccc1Oc1cc(Cl)ccc1N. The Hall–Kier alpha value is -1.67. The zero-order chi connectivity index (χ0) is 12.3. The molecule has 0 bridgehead atoms. The van der Waals surface area contributed by atoms with Crippen LogP contribution in [0.25, 0.3) is 0 Å². The fourth-order valence-electron chi connectivity index (χ4n) is 1.61. The Bertz CT molecular complexity index is 525. The quantitative estimate of drug-likeness (QED) is 0.822. The van der Waals surface area contributed by atoms with Crippen LogP contribution in [0.5, 0.6) is 11.5 Å². The van der Waals surface area contributed by atoms with E-state index in [-0.39, 0.29) is 0 Å². The summed E-state index contributed by atoms with van der Waals surface area (Å²) in [5.41, 5.74) is 7.57. The molecule has 0 aliphatic carbocycles. The van der Waals surface area contributed by atoms with E-state index in [0.29, 0.717) is 16.5 Å². The molecule has 0 aliphatic heterocycles. The Labute approximate surface area is 106 Å². The van der Waals surface area contributed by atoms with E-state index >= 15 is 0 Å². The minimum absolute atomic E-state index is 0.584. The smallest absolute Gasteiger partial charge is 0.151 e. The van der Waals surface area contributed by atoms with Crippen molar-refractivity contribution in [3.05, 3.63) is 53.1 Å². The maximum Gasteiger partial charge on any atom is 0.151 e. The van der Waals surface area contributed by atoms with Crippen LogP contribution in [0.15, 0.2) is 42.5 Å². The van der Waals surface area contributed by atoms with E-state index in [4.69, 9.17) is 22.1 Å². The molecule has 0 saturated heterocycles. The third-order valence-electron chi connectivity index (χ3n) is 2.55. The maximum atomic E-state index is 5.92. The van der Waals surface area contributed by atoms with E-state index in [2.05, 4.69) is 6.92 Å². The van der Waals surface area contributed by atoms with Gasteiger partial charge in [0.25, 0.3) is 0 Å². The molecule has 3 heteroatoms.